The minimum Gasteiger partial charge on any atom is -0.508 e. The van der Waals surface area contributed by atoms with Crippen LogP contribution < -0.4 is 5.32 Å². The van der Waals surface area contributed by atoms with Gasteiger partial charge in [0.25, 0.3) is 0 Å². The Morgan fingerprint density at radius 2 is 2.27 bits per heavy atom. The molecule has 1 amide bonds. The van der Waals surface area contributed by atoms with Gasteiger partial charge >= 0.3 is 0 Å². The largest absolute Gasteiger partial charge is 0.508 e. The van der Waals surface area contributed by atoms with Gasteiger partial charge in [0, 0.05) is 17.5 Å². The van der Waals surface area contributed by atoms with Gasteiger partial charge < -0.3 is 15.5 Å². The molecule has 0 radical (unpaired) electrons. The Hall–Kier alpha value is -1.20. The Bertz CT molecular complexity index is 408. The predicted octanol–water partition coefficient (Wildman–Crippen LogP) is 0.646. The standard InChI is InChI=1S/C10H11NO3S/c1-11-10(14)9-8(13)7-5(12)3-2-4-6(7)15-9/h2-4,8-9,12-13H,1H3,(H,11,14). The van der Waals surface area contributed by atoms with E-state index < -0.39 is 11.4 Å². The molecule has 5 heteroatoms. The molecule has 1 heterocycles. The van der Waals surface area contributed by atoms with Crippen molar-refractivity contribution in [1.82, 2.24) is 5.32 Å². The fourth-order valence-electron chi connectivity index (χ4n) is 1.62. The molecule has 1 aliphatic heterocycles. The zero-order valence-electron chi connectivity index (χ0n) is 8.10. The van der Waals surface area contributed by atoms with Gasteiger partial charge in [-0.2, -0.15) is 0 Å². The molecule has 0 fully saturated rings. The van der Waals surface area contributed by atoms with Gasteiger partial charge in [0.2, 0.25) is 5.91 Å². The topological polar surface area (TPSA) is 69.6 Å². The van der Waals surface area contributed by atoms with Gasteiger partial charge in [-0.3, -0.25) is 4.79 Å². The molecule has 0 aliphatic carbocycles. The average Bonchev–Trinajstić information content (AvgIpc) is 2.56. The summed E-state index contributed by atoms with van der Waals surface area (Å²) in [6, 6.07) is 4.99. The average molecular weight is 225 g/mol. The van der Waals surface area contributed by atoms with Crippen LogP contribution in [0.3, 0.4) is 0 Å². The molecule has 2 atom stereocenters. The second-order valence-electron chi connectivity index (χ2n) is 3.29. The molecular weight excluding hydrogens is 214 g/mol. The van der Waals surface area contributed by atoms with E-state index in [0.29, 0.717) is 5.56 Å². The number of carbonyl (C=O) groups excluding carboxylic acids is 1. The number of nitrogens with one attached hydrogen (secondary N) is 1. The smallest absolute Gasteiger partial charge is 0.236 e. The van der Waals surface area contributed by atoms with Crippen LogP contribution in [0.2, 0.25) is 0 Å². The Morgan fingerprint density at radius 1 is 1.53 bits per heavy atom. The molecule has 2 unspecified atom stereocenters. The lowest BCUT2D eigenvalue weighted by molar-refractivity contribution is -0.121. The lowest BCUT2D eigenvalue weighted by Crippen LogP contribution is -2.31. The van der Waals surface area contributed by atoms with Gasteiger partial charge in [0.05, 0.1) is 0 Å². The Balaban J connectivity index is 2.37. The van der Waals surface area contributed by atoms with Crippen LogP contribution in [0.25, 0.3) is 0 Å². The molecular formula is C10H11NO3S. The number of aromatic hydroxyl groups is 1. The molecule has 4 nitrogen and oxygen atoms in total. The summed E-state index contributed by atoms with van der Waals surface area (Å²) in [6.07, 6.45) is -0.939. The van der Waals surface area contributed by atoms with Crippen molar-refractivity contribution in [1.29, 1.82) is 0 Å². The van der Waals surface area contributed by atoms with E-state index in [9.17, 15) is 15.0 Å². The van der Waals surface area contributed by atoms with Gasteiger partial charge in [-0.15, -0.1) is 11.8 Å². The van der Waals surface area contributed by atoms with Crippen LogP contribution in [0.15, 0.2) is 23.1 Å². The summed E-state index contributed by atoms with van der Waals surface area (Å²) in [5.41, 5.74) is 0.455. The van der Waals surface area contributed by atoms with Crippen molar-refractivity contribution in [2.45, 2.75) is 16.2 Å². The molecule has 0 aromatic heterocycles. The summed E-state index contributed by atoms with van der Waals surface area (Å²) in [7, 11) is 1.53. The fraction of sp³-hybridized carbons (Fsp3) is 0.300. The number of thioether (sulfide) groups is 1. The third-order valence-corrected chi connectivity index (χ3v) is 3.72. The van der Waals surface area contributed by atoms with Gasteiger partial charge in [-0.25, -0.2) is 0 Å². The first kappa shape index (κ1) is 10.3. The van der Waals surface area contributed by atoms with E-state index in [1.165, 1.54) is 24.9 Å². The van der Waals surface area contributed by atoms with Gasteiger partial charge in [-0.05, 0) is 12.1 Å². The minimum atomic E-state index is -0.939. The number of hydrogen-bond donors (Lipinski definition) is 3. The molecule has 0 saturated carbocycles. The first-order chi connectivity index (χ1) is 7.15. The van der Waals surface area contributed by atoms with Crippen LogP contribution in [0.5, 0.6) is 5.75 Å². The number of fused-ring (bicyclic) bond motifs is 1. The third kappa shape index (κ3) is 1.57. The zero-order valence-corrected chi connectivity index (χ0v) is 8.91. The highest BCUT2D eigenvalue weighted by atomic mass is 32.2. The van der Waals surface area contributed by atoms with Crippen molar-refractivity contribution in [3.05, 3.63) is 23.8 Å². The van der Waals surface area contributed by atoms with E-state index in [4.69, 9.17) is 0 Å². The van der Waals surface area contributed by atoms with Crippen LogP contribution in [0.4, 0.5) is 0 Å². The third-order valence-electron chi connectivity index (χ3n) is 2.38. The molecule has 0 bridgehead atoms. The van der Waals surface area contributed by atoms with Crippen LogP contribution >= 0.6 is 11.8 Å². The van der Waals surface area contributed by atoms with Crippen LogP contribution in [0.1, 0.15) is 11.7 Å². The molecule has 1 aromatic carbocycles. The summed E-state index contributed by atoms with van der Waals surface area (Å²) >= 11 is 1.27. The zero-order chi connectivity index (χ0) is 11.0. The molecule has 15 heavy (non-hydrogen) atoms. The first-order valence-corrected chi connectivity index (χ1v) is 5.41. The van der Waals surface area contributed by atoms with Crippen molar-refractivity contribution in [2.24, 2.45) is 0 Å². The maximum Gasteiger partial charge on any atom is 0.236 e. The molecule has 2 rings (SSSR count). The van der Waals surface area contributed by atoms with Gasteiger partial charge in [0.15, 0.2) is 0 Å². The quantitative estimate of drug-likeness (QED) is 0.656. The second-order valence-corrected chi connectivity index (χ2v) is 4.47. The molecule has 1 aromatic rings. The summed E-state index contributed by atoms with van der Waals surface area (Å²) < 4.78 is 0. The van der Waals surface area contributed by atoms with Gasteiger partial charge in [0.1, 0.15) is 17.1 Å². The Morgan fingerprint density at radius 3 is 2.87 bits per heavy atom. The number of phenolic OH excluding ortho intramolecular Hbond substituents is 1. The first-order valence-electron chi connectivity index (χ1n) is 4.53. The molecule has 3 N–H and O–H groups in total. The number of phenols is 1. The van der Waals surface area contributed by atoms with E-state index in [0.717, 1.165) is 4.90 Å². The number of benzene rings is 1. The molecule has 1 aliphatic rings. The summed E-state index contributed by atoms with van der Waals surface area (Å²) in [5.74, 6) is -0.193. The summed E-state index contributed by atoms with van der Waals surface area (Å²) in [4.78, 5) is 12.2. The Labute approximate surface area is 91.3 Å². The Kier molecular flexibility index (Phi) is 2.58. The van der Waals surface area contributed by atoms with E-state index >= 15 is 0 Å². The van der Waals surface area contributed by atoms with Crippen molar-refractivity contribution in [2.75, 3.05) is 7.05 Å². The van der Waals surface area contributed by atoms with E-state index in [-0.39, 0.29) is 11.7 Å². The highest BCUT2D eigenvalue weighted by molar-refractivity contribution is 8.01. The SMILES string of the molecule is CNC(=O)C1Sc2cccc(O)c2C1O. The van der Waals surface area contributed by atoms with Crippen molar-refractivity contribution in [3.8, 4) is 5.75 Å². The predicted molar refractivity (Wildman–Crippen MR) is 56.8 cm³/mol. The van der Waals surface area contributed by atoms with Crippen LogP contribution in [0, 0.1) is 0 Å². The minimum absolute atomic E-state index is 0.0407. The van der Waals surface area contributed by atoms with E-state index in [1.807, 2.05) is 0 Å². The lowest BCUT2D eigenvalue weighted by atomic mass is 10.1. The van der Waals surface area contributed by atoms with Crippen LogP contribution in [-0.4, -0.2) is 28.4 Å². The summed E-state index contributed by atoms with van der Waals surface area (Å²) in [6.45, 7) is 0. The monoisotopic (exact) mass is 225 g/mol. The molecule has 0 saturated heterocycles. The normalized spacial score (nSPS) is 23.6. The highest BCUT2D eigenvalue weighted by Crippen LogP contribution is 2.47. The van der Waals surface area contributed by atoms with E-state index in [2.05, 4.69) is 5.32 Å². The number of hydrogen-bond acceptors (Lipinski definition) is 4. The van der Waals surface area contributed by atoms with Gasteiger partial charge in [-0.1, -0.05) is 6.07 Å². The highest BCUT2D eigenvalue weighted by Gasteiger charge is 2.38. The summed E-state index contributed by atoms with van der Waals surface area (Å²) in [5, 5.41) is 21.4. The van der Waals surface area contributed by atoms with Crippen LogP contribution in [-0.2, 0) is 4.79 Å². The van der Waals surface area contributed by atoms with Crippen molar-refractivity contribution >= 4 is 17.7 Å². The van der Waals surface area contributed by atoms with Crippen molar-refractivity contribution < 1.29 is 15.0 Å². The molecule has 80 valence electrons. The second kappa shape index (κ2) is 3.75. The molecule has 0 spiro atoms. The number of carbonyl (C=O) groups is 1. The number of aliphatic hydroxyl groups excluding tert-OH is 1. The number of aliphatic hydroxyl groups is 1. The number of amides is 1. The fourth-order valence-corrected chi connectivity index (χ4v) is 2.90. The maximum atomic E-state index is 11.4. The maximum absolute atomic E-state index is 11.4. The van der Waals surface area contributed by atoms with E-state index in [1.54, 1.807) is 12.1 Å². The lowest BCUT2D eigenvalue weighted by Gasteiger charge is -2.12. The van der Waals surface area contributed by atoms with Crippen molar-refractivity contribution in [3.63, 3.8) is 0 Å². The number of rotatable bonds is 1.